The maximum atomic E-state index is 12.9. The number of fused-ring (bicyclic) bond motifs is 2. The Morgan fingerprint density at radius 3 is 1.48 bits per heavy atom. The number of phenolic OH excluding ortho intramolecular Hbond substituents is 4. The first kappa shape index (κ1) is 48.9. The van der Waals surface area contributed by atoms with Crippen LogP contribution < -0.4 is 10.8 Å². The third-order valence-electron chi connectivity index (χ3n) is 10.7. The number of hydrogen-bond donors (Lipinski definition) is 6. The minimum absolute atomic E-state index is 0. The van der Waals surface area contributed by atoms with Gasteiger partial charge < -0.3 is 25.7 Å². The van der Waals surface area contributed by atoms with E-state index in [4.69, 9.17) is 4.84 Å². The zero-order valence-electron chi connectivity index (χ0n) is 38.0. The Bertz CT molecular complexity index is 3080. The van der Waals surface area contributed by atoms with E-state index in [2.05, 4.69) is 72.8 Å². The van der Waals surface area contributed by atoms with Gasteiger partial charge in [0.05, 0.1) is 11.3 Å². The molecule has 67 heavy (non-hydrogen) atoms. The summed E-state index contributed by atoms with van der Waals surface area (Å²) in [5, 5.41) is 65.5. The van der Waals surface area contributed by atoms with Gasteiger partial charge in [-0.05, 0) is 93.4 Å². The number of anilines is 2. The molecule has 0 heterocycles. The van der Waals surface area contributed by atoms with Crippen LogP contribution >= 0.6 is 0 Å². The summed E-state index contributed by atoms with van der Waals surface area (Å²) < 4.78 is 0. The van der Waals surface area contributed by atoms with E-state index in [0.717, 1.165) is 33.0 Å². The van der Waals surface area contributed by atoms with Crippen molar-refractivity contribution in [2.75, 3.05) is 10.8 Å². The predicted molar refractivity (Wildman–Crippen MR) is 262 cm³/mol. The molecule has 0 aliphatic rings. The molecule has 1 amide bonds. The van der Waals surface area contributed by atoms with Gasteiger partial charge in [-0.25, -0.2) is 0 Å². The smallest absolute Gasteiger partial charge is 0.259 e. The summed E-state index contributed by atoms with van der Waals surface area (Å²) in [5.41, 5.74) is 7.84. The molecule has 0 spiro atoms. The Balaban J connectivity index is 0.000000218. The minimum Gasteiger partial charge on any atom is -0.506 e. The average Bonchev–Trinajstić information content (AvgIpc) is 3.29. The van der Waals surface area contributed by atoms with Crippen LogP contribution in [0.25, 0.3) is 21.5 Å². The fourth-order valence-corrected chi connectivity index (χ4v) is 6.95. The topological polar surface area (TPSA) is 181 Å². The van der Waals surface area contributed by atoms with Crippen LogP contribution in [0.1, 0.15) is 68.6 Å². The van der Waals surface area contributed by atoms with Crippen LogP contribution in [0.15, 0.2) is 178 Å². The van der Waals surface area contributed by atoms with Crippen LogP contribution in [-0.2, 0) is 39.3 Å². The summed E-state index contributed by atoms with van der Waals surface area (Å²) >= 11 is 0. The zero-order valence-corrected chi connectivity index (χ0v) is 39.1. The SMILES string of the molecule is CC(C)(C)c1ccc(O)c(N=Nc2c(O)c(C(=O)Nc3ccccc3)cc3ccccc23)c1.CC(C)(C)c1ccc(O)c(N=Nc2c(O)c(CONc3ccccc3)cc3ccccc23)c1.[Fe]. The molecule has 0 saturated carbocycles. The van der Waals surface area contributed by atoms with Crippen LogP contribution in [0.2, 0.25) is 0 Å². The van der Waals surface area contributed by atoms with Crippen molar-refractivity contribution in [2.45, 2.75) is 59.0 Å². The van der Waals surface area contributed by atoms with Gasteiger partial charge in [0.25, 0.3) is 5.91 Å². The molecule has 0 bridgehead atoms. The van der Waals surface area contributed by atoms with Gasteiger partial charge in [-0.3, -0.25) is 15.1 Å². The monoisotopic (exact) mass is 936 g/mol. The molecule has 0 aromatic heterocycles. The molecule has 12 nitrogen and oxygen atoms in total. The summed E-state index contributed by atoms with van der Waals surface area (Å²) in [7, 11) is 0. The molecule has 0 saturated heterocycles. The van der Waals surface area contributed by atoms with Crippen LogP contribution in [0, 0.1) is 0 Å². The fourth-order valence-electron chi connectivity index (χ4n) is 6.95. The van der Waals surface area contributed by atoms with Crippen LogP contribution in [-0.4, -0.2) is 26.3 Å². The summed E-state index contributed by atoms with van der Waals surface area (Å²) in [5.74, 6) is -0.745. The van der Waals surface area contributed by atoms with E-state index < -0.39 is 5.91 Å². The van der Waals surface area contributed by atoms with Crippen molar-refractivity contribution in [1.29, 1.82) is 0 Å². The van der Waals surface area contributed by atoms with Crippen molar-refractivity contribution in [3.8, 4) is 23.0 Å². The van der Waals surface area contributed by atoms with Crippen molar-refractivity contribution in [1.82, 2.24) is 0 Å². The second-order valence-electron chi connectivity index (χ2n) is 17.7. The molecule has 0 aliphatic heterocycles. The van der Waals surface area contributed by atoms with E-state index in [9.17, 15) is 25.2 Å². The second kappa shape index (κ2) is 21.2. The summed E-state index contributed by atoms with van der Waals surface area (Å²) in [6.07, 6.45) is 0. The predicted octanol–water partition coefficient (Wildman–Crippen LogP) is 14.7. The molecule has 0 unspecified atom stereocenters. The Kier molecular flexibility index (Phi) is 15.4. The van der Waals surface area contributed by atoms with Crippen molar-refractivity contribution in [3.05, 3.63) is 180 Å². The number of carbonyl (C=O) groups is 1. The standard InChI is InChI=1S/C27H27N3O3.C27H25N3O3.Fe/c1-27(2,3)20-13-14-24(31)23(16-20)28-29-25-22-12-8-7-9-18(22)15-19(26(25)32)17-33-30-21-10-5-4-6-11-21;1-27(2,3)18-13-14-23(31)22(16-18)29-30-24-20-12-8-7-9-17(20)15-21(25(24)32)26(33)28-19-10-5-4-6-11-19;/h4-16,30-32H,17H2,1-3H3;4-16,31-32H,1-3H3,(H,28,33);. The molecule has 8 aromatic rings. The van der Waals surface area contributed by atoms with Gasteiger partial charge in [-0.1, -0.05) is 139 Å². The fraction of sp³-hybridized carbons (Fsp3) is 0.167. The van der Waals surface area contributed by atoms with E-state index in [0.29, 0.717) is 28.0 Å². The van der Waals surface area contributed by atoms with E-state index in [1.54, 1.807) is 42.5 Å². The largest absolute Gasteiger partial charge is 0.506 e. The summed E-state index contributed by atoms with van der Waals surface area (Å²) in [4.78, 5) is 18.5. The van der Waals surface area contributed by atoms with Gasteiger partial charge in [-0.15, -0.1) is 20.5 Å². The number of amides is 1. The number of aromatic hydroxyl groups is 4. The third kappa shape index (κ3) is 12.0. The van der Waals surface area contributed by atoms with Crippen LogP contribution in [0.5, 0.6) is 23.0 Å². The van der Waals surface area contributed by atoms with Crippen LogP contribution in [0.4, 0.5) is 34.1 Å². The summed E-state index contributed by atoms with van der Waals surface area (Å²) in [6.45, 7) is 12.6. The average molecular weight is 937 g/mol. The number of nitrogens with one attached hydrogen (secondary N) is 2. The Morgan fingerprint density at radius 1 is 0.522 bits per heavy atom. The van der Waals surface area contributed by atoms with Crippen molar-refractivity contribution in [3.63, 3.8) is 0 Å². The molecule has 6 N–H and O–H groups in total. The van der Waals surface area contributed by atoms with E-state index in [1.165, 1.54) is 0 Å². The number of rotatable bonds is 10. The zero-order chi connectivity index (χ0) is 47.0. The summed E-state index contributed by atoms with van der Waals surface area (Å²) in [6, 6.07) is 47.4. The molecule has 0 aliphatic carbocycles. The van der Waals surface area contributed by atoms with Gasteiger partial charge in [-0.2, -0.15) is 0 Å². The van der Waals surface area contributed by atoms with Crippen molar-refractivity contribution < 1.29 is 47.1 Å². The first-order chi connectivity index (χ1) is 31.6. The molecule has 0 atom stereocenters. The molecule has 0 radical (unpaired) electrons. The molecule has 8 aromatic carbocycles. The van der Waals surface area contributed by atoms with Gasteiger partial charge in [0.1, 0.15) is 46.6 Å². The number of para-hydroxylation sites is 2. The normalized spacial score (nSPS) is 11.6. The number of carbonyl (C=O) groups excluding carboxylic acids is 1. The number of azo groups is 2. The molecule has 342 valence electrons. The molecular formula is C54H52FeN6O6. The second-order valence-corrected chi connectivity index (χ2v) is 17.7. The maximum absolute atomic E-state index is 12.9. The van der Waals surface area contributed by atoms with E-state index in [1.807, 2.05) is 115 Å². The molecule has 0 fully saturated rings. The van der Waals surface area contributed by atoms with Crippen LogP contribution in [0.3, 0.4) is 0 Å². The molecule has 8 rings (SSSR count). The minimum atomic E-state index is -0.460. The Labute approximate surface area is 400 Å². The van der Waals surface area contributed by atoms with Gasteiger partial charge in [0.2, 0.25) is 0 Å². The quantitative estimate of drug-likeness (QED) is 0.0448. The first-order valence-corrected chi connectivity index (χ1v) is 21.3. The van der Waals surface area contributed by atoms with E-state index >= 15 is 0 Å². The van der Waals surface area contributed by atoms with Gasteiger partial charge in [0.15, 0.2) is 5.75 Å². The van der Waals surface area contributed by atoms with Crippen molar-refractivity contribution >= 4 is 61.6 Å². The third-order valence-corrected chi connectivity index (χ3v) is 10.7. The van der Waals surface area contributed by atoms with Gasteiger partial charge in [0, 0.05) is 39.1 Å². The van der Waals surface area contributed by atoms with Gasteiger partial charge >= 0.3 is 0 Å². The van der Waals surface area contributed by atoms with E-state index in [-0.39, 0.29) is 74.4 Å². The first-order valence-electron chi connectivity index (χ1n) is 21.3. The van der Waals surface area contributed by atoms with Crippen molar-refractivity contribution in [2.24, 2.45) is 20.5 Å². The number of benzene rings is 8. The Hall–Kier alpha value is -7.57. The maximum Gasteiger partial charge on any atom is 0.259 e. The number of phenols is 4. The Morgan fingerprint density at radius 2 is 0.970 bits per heavy atom. The number of nitrogens with zero attached hydrogens (tertiary/aromatic N) is 4. The molecule has 13 heteroatoms. The molecular weight excluding hydrogens is 884 g/mol. The number of hydrogen-bond acceptors (Lipinski definition) is 11.